The zero-order chi connectivity index (χ0) is 13.0. The largest absolute Gasteiger partial charge is 0.340 e. The number of hydrogen-bond acceptors (Lipinski definition) is 2. The molecular weight excluding hydrogens is 243 g/mol. The lowest BCUT2D eigenvalue weighted by Crippen LogP contribution is -2.41. The summed E-state index contributed by atoms with van der Waals surface area (Å²) in [7, 11) is 3.32. The minimum atomic E-state index is -0.394. The number of likely N-dealkylation sites (N-methyl/N-ethyl adjacent to an activating group) is 2. The zero-order valence-electron chi connectivity index (χ0n) is 10.1. The Hall–Kier alpha value is -1.13. The molecule has 0 spiro atoms. The first kappa shape index (κ1) is 13.9. The highest BCUT2D eigenvalue weighted by atomic mass is 35.5. The molecular formula is C12H16ClFN2O. The molecule has 3 nitrogen and oxygen atoms in total. The number of benzene rings is 1. The van der Waals surface area contributed by atoms with Crippen LogP contribution in [0.25, 0.3) is 0 Å². The van der Waals surface area contributed by atoms with Gasteiger partial charge in [0.2, 0.25) is 5.91 Å². The van der Waals surface area contributed by atoms with Crippen LogP contribution in [0.2, 0.25) is 5.02 Å². The standard InChI is InChI=1S/C12H16ClFN2O/c1-8(15-2)12(17)16(3)7-9-10(13)5-4-6-11(9)14/h4-6,8,15H,7H2,1-3H3. The molecule has 1 atom stereocenters. The van der Waals surface area contributed by atoms with Crippen molar-refractivity contribution in [3.8, 4) is 0 Å². The number of rotatable bonds is 4. The maximum atomic E-state index is 13.5. The molecule has 0 heterocycles. The highest BCUT2D eigenvalue weighted by Crippen LogP contribution is 2.20. The number of nitrogens with zero attached hydrogens (tertiary/aromatic N) is 1. The lowest BCUT2D eigenvalue weighted by atomic mass is 10.2. The van der Waals surface area contributed by atoms with Crippen molar-refractivity contribution in [2.45, 2.75) is 19.5 Å². The summed E-state index contributed by atoms with van der Waals surface area (Å²) < 4.78 is 13.5. The number of carbonyl (C=O) groups is 1. The van der Waals surface area contributed by atoms with E-state index in [2.05, 4.69) is 5.32 Å². The second-order valence-electron chi connectivity index (χ2n) is 3.90. The Morgan fingerprint density at radius 2 is 2.24 bits per heavy atom. The van der Waals surface area contributed by atoms with Gasteiger partial charge in [-0.2, -0.15) is 0 Å². The van der Waals surface area contributed by atoms with E-state index in [4.69, 9.17) is 11.6 Å². The summed E-state index contributed by atoms with van der Waals surface area (Å²) in [6.07, 6.45) is 0. The van der Waals surface area contributed by atoms with Crippen LogP contribution in [-0.4, -0.2) is 30.9 Å². The Bertz CT molecular complexity index is 391. The van der Waals surface area contributed by atoms with Gasteiger partial charge in [-0.05, 0) is 26.1 Å². The highest BCUT2D eigenvalue weighted by Gasteiger charge is 2.18. The van der Waals surface area contributed by atoms with E-state index in [9.17, 15) is 9.18 Å². The van der Waals surface area contributed by atoms with Gasteiger partial charge in [-0.15, -0.1) is 0 Å². The van der Waals surface area contributed by atoms with Gasteiger partial charge < -0.3 is 10.2 Å². The fourth-order valence-corrected chi connectivity index (χ4v) is 1.68. The van der Waals surface area contributed by atoms with E-state index < -0.39 is 5.82 Å². The molecule has 0 aliphatic rings. The molecule has 1 N–H and O–H groups in total. The Morgan fingerprint density at radius 3 is 2.76 bits per heavy atom. The van der Waals surface area contributed by atoms with Crippen LogP contribution in [0.1, 0.15) is 12.5 Å². The lowest BCUT2D eigenvalue weighted by Gasteiger charge is -2.21. The quantitative estimate of drug-likeness (QED) is 0.897. The van der Waals surface area contributed by atoms with Crippen molar-refractivity contribution in [1.82, 2.24) is 10.2 Å². The third kappa shape index (κ3) is 3.41. The second-order valence-corrected chi connectivity index (χ2v) is 4.31. The molecule has 0 bridgehead atoms. The van der Waals surface area contributed by atoms with E-state index in [1.807, 2.05) is 0 Å². The monoisotopic (exact) mass is 258 g/mol. The van der Waals surface area contributed by atoms with Crippen LogP contribution >= 0.6 is 11.6 Å². The fourth-order valence-electron chi connectivity index (χ4n) is 1.45. The molecule has 0 aromatic heterocycles. The third-order valence-electron chi connectivity index (χ3n) is 2.64. The van der Waals surface area contributed by atoms with Crippen molar-refractivity contribution in [2.75, 3.05) is 14.1 Å². The number of hydrogen-bond donors (Lipinski definition) is 1. The van der Waals surface area contributed by atoms with Crippen molar-refractivity contribution >= 4 is 17.5 Å². The summed E-state index contributed by atoms with van der Waals surface area (Å²) in [5.41, 5.74) is 0.341. The molecule has 1 unspecified atom stereocenters. The lowest BCUT2D eigenvalue weighted by molar-refractivity contribution is -0.132. The summed E-state index contributed by atoms with van der Waals surface area (Å²) in [5, 5.41) is 3.18. The van der Waals surface area contributed by atoms with Crippen LogP contribution in [-0.2, 0) is 11.3 Å². The van der Waals surface area contributed by atoms with Gasteiger partial charge in [-0.25, -0.2) is 4.39 Å². The van der Waals surface area contributed by atoms with E-state index in [0.29, 0.717) is 10.6 Å². The van der Waals surface area contributed by atoms with Crippen molar-refractivity contribution < 1.29 is 9.18 Å². The molecule has 1 aromatic rings. The van der Waals surface area contributed by atoms with Gasteiger partial charge in [0, 0.05) is 24.2 Å². The van der Waals surface area contributed by atoms with Gasteiger partial charge in [0.05, 0.1) is 6.04 Å². The summed E-state index contributed by atoms with van der Waals surface area (Å²) in [4.78, 5) is 13.2. The maximum absolute atomic E-state index is 13.5. The van der Waals surface area contributed by atoms with E-state index >= 15 is 0 Å². The van der Waals surface area contributed by atoms with E-state index in [-0.39, 0.29) is 18.5 Å². The minimum Gasteiger partial charge on any atom is -0.340 e. The van der Waals surface area contributed by atoms with Gasteiger partial charge in [0.1, 0.15) is 5.82 Å². The third-order valence-corrected chi connectivity index (χ3v) is 2.99. The van der Waals surface area contributed by atoms with Crippen LogP contribution in [0.5, 0.6) is 0 Å². The molecule has 0 fully saturated rings. The zero-order valence-corrected chi connectivity index (χ0v) is 10.9. The predicted molar refractivity (Wildman–Crippen MR) is 66.4 cm³/mol. The van der Waals surface area contributed by atoms with Gasteiger partial charge >= 0.3 is 0 Å². The number of carbonyl (C=O) groups excluding carboxylic acids is 1. The van der Waals surface area contributed by atoms with Crippen LogP contribution in [0.4, 0.5) is 4.39 Å². The molecule has 0 aliphatic carbocycles. The van der Waals surface area contributed by atoms with Crippen molar-refractivity contribution in [3.05, 3.63) is 34.6 Å². The summed E-state index contributed by atoms with van der Waals surface area (Å²) in [6, 6.07) is 4.19. The van der Waals surface area contributed by atoms with Crippen LogP contribution in [0, 0.1) is 5.82 Å². The molecule has 0 radical (unpaired) electrons. The van der Waals surface area contributed by atoms with E-state index in [1.54, 1.807) is 33.2 Å². The molecule has 1 aromatic carbocycles. The van der Waals surface area contributed by atoms with Crippen LogP contribution in [0.15, 0.2) is 18.2 Å². The minimum absolute atomic E-state index is 0.105. The highest BCUT2D eigenvalue weighted by molar-refractivity contribution is 6.31. The molecule has 0 saturated carbocycles. The first-order chi connectivity index (χ1) is 7.97. The summed E-state index contributed by atoms with van der Waals surface area (Å²) in [5.74, 6) is -0.499. The van der Waals surface area contributed by atoms with Gasteiger partial charge in [-0.1, -0.05) is 17.7 Å². The Morgan fingerprint density at radius 1 is 1.59 bits per heavy atom. The Balaban J connectivity index is 2.81. The molecule has 94 valence electrons. The topological polar surface area (TPSA) is 32.3 Å². The molecule has 5 heteroatoms. The second kappa shape index (κ2) is 5.98. The molecule has 17 heavy (non-hydrogen) atoms. The number of nitrogens with one attached hydrogen (secondary N) is 1. The number of amides is 1. The SMILES string of the molecule is CNC(C)C(=O)N(C)Cc1c(F)cccc1Cl. The average Bonchev–Trinajstić information content (AvgIpc) is 2.31. The average molecular weight is 259 g/mol. The van der Waals surface area contributed by atoms with Crippen molar-refractivity contribution in [2.24, 2.45) is 0 Å². The van der Waals surface area contributed by atoms with E-state index in [0.717, 1.165) is 0 Å². The van der Waals surface area contributed by atoms with Crippen LogP contribution in [0.3, 0.4) is 0 Å². The first-order valence-electron chi connectivity index (χ1n) is 5.32. The Labute approximate surface area is 106 Å². The molecule has 1 amide bonds. The predicted octanol–water partition coefficient (Wildman–Crippen LogP) is 2.05. The molecule has 0 saturated heterocycles. The van der Waals surface area contributed by atoms with Crippen molar-refractivity contribution in [1.29, 1.82) is 0 Å². The maximum Gasteiger partial charge on any atom is 0.239 e. The van der Waals surface area contributed by atoms with Gasteiger partial charge in [0.15, 0.2) is 0 Å². The number of halogens is 2. The van der Waals surface area contributed by atoms with Crippen molar-refractivity contribution in [3.63, 3.8) is 0 Å². The first-order valence-corrected chi connectivity index (χ1v) is 5.70. The van der Waals surface area contributed by atoms with Gasteiger partial charge in [0.25, 0.3) is 0 Å². The Kier molecular flexibility index (Phi) is 4.90. The molecule has 0 aliphatic heterocycles. The molecule has 1 rings (SSSR count). The fraction of sp³-hybridized carbons (Fsp3) is 0.417. The summed E-state index contributed by atoms with van der Waals surface area (Å²) >= 11 is 5.90. The normalized spacial score (nSPS) is 12.3. The van der Waals surface area contributed by atoms with Gasteiger partial charge in [-0.3, -0.25) is 4.79 Å². The van der Waals surface area contributed by atoms with Crippen LogP contribution < -0.4 is 5.32 Å². The van der Waals surface area contributed by atoms with E-state index in [1.165, 1.54) is 11.0 Å². The smallest absolute Gasteiger partial charge is 0.239 e. The summed E-state index contributed by atoms with van der Waals surface area (Å²) in [6.45, 7) is 1.91.